The van der Waals surface area contributed by atoms with Crippen LogP contribution in [0.4, 0.5) is 0 Å². The summed E-state index contributed by atoms with van der Waals surface area (Å²) in [7, 11) is 0. The number of likely N-dealkylation sites (tertiary alicyclic amines) is 1. The fourth-order valence-electron chi connectivity index (χ4n) is 3.27. The highest BCUT2D eigenvalue weighted by atomic mass is 35.5. The van der Waals surface area contributed by atoms with Gasteiger partial charge in [-0.05, 0) is 37.8 Å². The summed E-state index contributed by atoms with van der Waals surface area (Å²) in [6, 6.07) is 0. The number of hydrogen-bond acceptors (Lipinski definition) is 4. The van der Waals surface area contributed by atoms with Gasteiger partial charge >= 0.3 is 0 Å². The van der Waals surface area contributed by atoms with Gasteiger partial charge in [-0.1, -0.05) is 0 Å². The first-order valence-corrected chi connectivity index (χ1v) is 8.23. The molecule has 2 amide bonds. The predicted octanol–water partition coefficient (Wildman–Crippen LogP) is 0.399. The molecule has 3 saturated heterocycles. The van der Waals surface area contributed by atoms with Crippen LogP contribution >= 0.6 is 24.2 Å². The van der Waals surface area contributed by atoms with Crippen molar-refractivity contribution in [2.45, 2.75) is 12.8 Å². The standard InChI is InChI=1S/C13H21N3O2S.ClH/c17-12(7-16-9-19-8-13(16)18)15-3-1-10-5-14-6-11(10)2-4-15;/h10-11,14H,1-9H2;1H/t10-,11+;. The molecule has 3 fully saturated rings. The molecule has 0 unspecified atom stereocenters. The highest BCUT2D eigenvalue weighted by molar-refractivity contribution is 8.00. The Morgan fingerprint density at radius 3 is 2.45 bits per heavy atom. The zero-order chi connectivity index (χ0) is 13.2. The second-order valence-electron chi connectivity index (χ2n) is 5.71. The number of fused-ring (bicyclic) bond motifs is 1. The van der Waals surface area contributed by atoms with Gasteiger partial charge in [0.05, 0.1) is 11.6 Å². The van der Waals surface area contributed by atoms with Gasteiger partial charge in [0, 0.05) is 13.1 Å². The Hall–Kier alpha value is -0.460. The Kier molecular flexibility index (Phi) is 5.57. The molecule has 0 aromatic carbocycles. The minimum Gasteiger partial charge on any atom is -0.341 e. The van der Waals surface area contributed by atoms with Gasteiger partial charge in [-0.15, -0.1) is 24.2 Å². The SMILES string of the molecule is Cl.O=C(CN1CSCC1=O)N1CC[C@@H]2CNC[C@@H]2CC1. The lowest BCUT2D eigenvalue weighted by atomic mass is 9.92. The highest BCUT2D eigenvalue weighted by Gasteiger charge is 2.32. The van der Waals surface area contributed by atoms with E-state index in [4.69, 9.17) is 0 Å². The number of nitrogens with zero attached hydrogens (tertiary/aromatic N) is 2. The monoisotopic (exact) mass is 319 g/mol. The van der Waals surface area contributed by atoms with Gasteiger partial charge in [-0.3, -0.25) is 9.59 Å². The van der Waals surface area contributed by atoms with Gasteiger partial charge in [0.2, 0.25) is 11.8 Å². The maximum Gasteiger partial charge on any atom is 0.242 e. The van der Waals surface area contributed by atoms with E-state index in [2.05, 4.69) is 5.32 Å². The Morgan fingerprint density at radius 2 is 1.90 bits per heavy atom. The molecule has 7 heteroatoms. The van der Waals surface area contributed by atoms with E-state index in [9.17, 15) is 9.59 Å². The molecular weight excluding hydrogens is 298 g/mol. The number of halogens is 1. The number of thioether (sulfide) groups is 1. The fraction of sp³-hybridized carbons (Fsp3) is 0.846. The van der Waals surface area contributed by atoms with E-state index in [1.54, 1.807) is 16.7 Å². The first-order valence-electron chi connectivity index (χ1n) is 7.08. The third-order valence-electron chi connectivity index (χ3n) is 4.52. The minimum atomic E-state index is 0. The first-order chi connectivity index (χ1) is 9.24. The normalized spacial score (nSPS) is 29.9. The van der Waals surface area contributed by atoms with Crippen LogP contribution in [0.3, 0.4) is 0 Å². The van der Waals surface area contributed by atoms with Crippen molar-refractivity contribution in [1.29, 1.82) is 0 Å². The van der Waals surface area contributed by atoms with Crippen LogP contribution in [0, 0.1) is 11.8 Å². The quantitative estimate of drug-likeness (QED) is 0.800. The van der Waals surface area contributed by atoms with Gasteiger partial charge in [0.15, 0.2) is 0 Å². The Morgan fingerprint density at radius 1 is 1.25 bits per heavy atom. The van der Waals surface area contributed by atoms with E-state index in [-0.39, 0.29) is 30.8 Å². The maximum absolute atomic E-state index is 12.3. The zero-order valence-electron chi connectivity index (χ0n) is 11.5. The van der Waals surface area contributed by atoms with Crippen molar-refractivity contribution in [3.05, 3.63) is 0 Å². The van der Waals surface area contributed by atoms with Crippen molar-refractivity contribution in [3.63, 3.8) is 0 Å². The molecule has 0 radical (unpaired) electrons. The molecule has 0 saturated carbocycles. The number of carbonyl (C=O) groups excluding carboxylic acids is 2. The lowest BCUT2D eigenvalue weighted by Crippen LogP contribution is -2.41. The smallest absolute Gasteiger partial charge is 0.242 e. The molecule has 0 aliphatic carbocycles. The van der Waals surface area contributed by atoms with Crippen LogP contribution in [0.5, 0.6) is 0 Å². The molecule has 114 valence electrons. The summed E-state index contributed by atoms with van der Waals surface area (Å²) in [5.74, 6) is 2.91. The molecule has 0 aromatic heterocycles. The number of carbonyl (C=O) groups is 2. The number of nitrogens with one attached hydrogen (secondary N) is 1. The van der Waals surface area contributed by atoms with E-state index in [1.165, 1.54) is 0 Å². The Balaban J connectivity index is 0.00000147. The summed E-state index contributed by atoms with van der Waals surface area (Å²) in [6.07, 6.45) is 2.21. The summed E-state index contributed by atoms with van der Waals surface area (Å²) in [5.41, 5.74) is 0. The lowest BCUT2D eigenvalue weighted by molar-refractivity contribution is -0.137. The van der Waals surface area contributed by atoms with E-state index < -0.39 is 0 Å². The third kappa shape index (κ3) is 3.40. The van der Waals surface area contributed by atoms with Crippen molar-refractivity contribution >= 4 is 36.0 Å². The van der Waals surface area contributed by atoms with Crippen LogP contribution in [0.1, 0.15) is 12.8 Å². The second-order valence-corrected chi connectivity index (χ2v) is 6.66. The number of amides is 2. The van der Waals surface area contributed by atoms with Crippen LogP contribution in [0.15, 0.2) is 0 Å². The Bertz CT molecular complexity index is 369. The van der Waals surface area contributed by atoms with Gasteiger partial charge in [0.25, 0.3) is 0 Å². The predicted molar refractivity (Wildman–Crippen MR) is 81.9 cm³/mol. The van der Waals surface area contributed by atoms with Crippen molar-refractivity contribution in [1.82, 2.24) is 15.1 Å². The summed E-state index contributed by atoms with van der Waals surface area (Å²) >= 11 is 1.59. The second kappa shape index (κ2) is 7.00. The molecule has 1 N–H and O–H groups in total. The van der Waals surface area contributed by atoms with Crippen molar-refractivity contribution in [2.75, 3.05) is 44.4 Å². The average molecular weight is 320 g/mol. The molecule has 3 aliphatic heterocycles. The van der Waals surface area contributed by atoms with Gasteiger partial charge < -0.3 is 15.1 Å². The van der Waals surface area contributed by atoms with E-state index >= 15 is 0 Å². The summed E-state index contributed by atoms with van der Waals surface area (Å²) < 4.78 is 0. The Labute approximate surface area is 130 Å². The van der Waals surface area contributed by atoms with E-state index in [0.29, 0.717) is 11.6 Å². The van der Waals surface area contributed by atoms with Crippen LogP contribution in [0.25, 0.3) is 0 Å². The summed E-state index contributed by atoms with van der Waals surface area (Å²) in [5, 5.41) is 3.44. The highest BCUT2D eigenvalue weighted by Crippen LogP contribution is 2.27. The fourth-order valence-corrected chi connectivity index (χ4v) is 4.18. The zero-order valence-corrected chi connectivity index (χ0v) is 13.2. The van der Waals surface area contributed by atoms with Crippen molar-refractivity contribution < 1.29 is 9.59 Å². The molecule has 0 aromatic rings. The van der Waals surface area contributed by atoms with Crippen LogP contribution in [0.2, 0.25) is 0 Å². The maximum atomic E-state index is 12.3. The molecule has 20 heavy (non-hydrogen) atoms. The molecule has 3 heterocycles. The lowest BCUT2D eigenvalue weighted by Gasteiger charge is -2.24. The van der Waals surface area contributed by atoms with Crippen molar-refractivity contribution in [2.24, 2.45) is 11.8 Å². The molecule has 5 nitrogen and oxygen atoms in total. The van der Waals surface area contributed by atoms with Gasteiger partial charge in [-0.2, -0.15) is 0 Å². The van der Waals surface area contributed by atoms with E-state index in [0.717, 1.165) is 50.9 Å². The van der Waals surface area contributed by atoms with Crippen LogP contribution in [-0.4, -0.2) is 66.0 Å². The summed E-state index contributed by atoms with van der Waals surface area (Å²) in [4.78, 5) is 27.5. The number of rotatable bonds is 2. The molecule has 0 spiro atoms. The third-order valence-corrected chi connectivity index (χ3v) is 5.47. The molecule has 2 atom stereocenters. The van der Waals surface area contributed by atoms with Crippen LogP contribution < -0.4 is 5.32 Å². The molecule has 3 aliphatic rings. The van der Waals surface area contributed by atoms with Gasteiger partial charge in [0.1, 0.15) is 6.54 Å². The molecule has 3 rings (SSSR count). The summed E-state index contributed by atoms with van der Waals surface area (Å²) in [6.45, 7) is 4.20. The minimum absolute atomic E-state index is 0. The van der Waals surface area contributed by atoms with Gasteiger partial charge in [-0.25, -0.2) is 0 Å². The average Bonchev–Trinajstić information content (AvgIpc) is 2.95. The van der Waals surface area contributed by atoms with Crippen LogP contribution in [-0.2, 0) is 9.59 Å². The topological polar surface area (TPSA) is 52.7 Å². The van der Waals surface area contributed by atoms with E-state index in [1.807, 2.05) is 4.90 Å². The largest absolute Gasteiger partial charge is 0.341 e. The molecular formula is C13H22ClN3O2S. The molecule has 0 bridgehead atoms. The number of hydrogen-bond donors (Lipinski definition) is 1. The van der Waals surface area contributed by atoms with Crippen molar-refractivity contribution in [3.8, 4) is 0 Å². The first kappa shape index (κ1) is 15.9.